The largest absolute Gasteiger partial charge is 0.327 e. The smallest absolute Gasteiger partial charge is 0.291 e. The van der Waals surface area contributed by atoms with Gasteiger partial charge in [-0.25, -0.2) is 9.78 Å². The van der Waals surface area contributed by atoms with Crippen LogP contribution in [0, 0.1) is 0 Å². The Hall–Kier alpha value is -2.14. The van der Waals surface area contributed by atoms with E-state index in [2.05, 4.69) is 15.0 Å². The maximum absolute atomic E-state index is 11.6. The number of halogens is 1. The van der Waals surface area contributed by atoms with Crippen molar-refractivity contribution in [2.45, 2.75) is 0 Å². The van der Waals surface area contributed by atoms with E-state index in [-0.39, 0.29) is 5.65 Å². The molecule has 3 aromatic rings. The highest BCUT2D eigenvalue weighted by Gasteiger charge is 2.04. The van der Waals surface area contributed by atoms with Gasteiger partial charge in [-0.3, -0.25) is 14.8 Å². The van der Waals surface area contributed by atoms with Gasteiger partial charge in [0.2, 0.25) is 0 Å². The molecule has 0 spiro atoms. The number of H-pyrrole nitrogens is 2. The number of hydrogen-bond acceptors (Lipinski definition) is 3. The molecule has 3 rings (SSSR count). The third-order valence-corrected chi connectivity index (χ3v) is 2.72. The molecule has 0 saturated carbocycles. The minimum absolute atomic E-state index is 0.258. The molecule has 84 valence electrons. The van der Waals surface area contributed by atoms with Crippen LogP contribution in [0.3, 0.4) is 0 Å². The van der Waals surface area contributed by atoms with E-state index in [4.69, 9.17) is 11.6 Å². The number of aromatic amines is 2. The van der Waals surface area contributed by atoms with E-state index >= 15 is 0 Å². The van der Waals surface area contributed by atoms with Gasteiger partial charge in [-0.1, -0.05) is 17.7 Å². The molecule has 0 radical (unpaired) electrons. The number of benzene rings is 1. The molecule has 17 heavy (non-hydrogen) atoms. The van der Waals surface area contributed by atoms with Gasteiger partial charge in [-0.05, 0) is 18.2 Å². The first-order valence-corrected chi connectivity index (χ1v) is 5.24. The van der Waals surface area contributed by atoms with Crippen LogP contribution in [0.15, 0.2) is 33.9 Å². The fraction of sp³-hybridized carbons (Fsp3) is 0. The maximum atomic E-state index is 11.6. The van der Waals surface area contributed by atoms with Gasteiger partial charge in [0.25, 0.3) is 5.56 Å². The van der Waals surface area contributed by atoms with E-state index in [0.29, 0.717) is 15.9 Å². The average molecular weight is 248 g/mol. The first-order chi connectivity index (χ1) is 8.13. The highest BCUT2D eigenvalue weighted by atomic mass is 35.5. The van der Waals surface area contributed by atoms with E-state index in [0.717, 1.165) is 5.39 Å². The molecule has 0 aliphatic heterocycles. The van der Waals surface area contributed by atoms with Crippen LogP contribution in [0.5, 0.6) is 0 Å². The summed E-state index contributed by atoms with van der Waals surface area (Å²) in [6.07, 6.45) is 0. The van der Waals surface area contributed by atoms with E-state index in [1.807, 2.05) is 0 Å². The second kappa shape index (κ2) is 3.43. The van der Waals surface area contributed by atoms with Crippen molar-refractivity contribution in [3.05, 3.63) is 50.1 Å². The van der Waals surface area contributed by atoms with E-state index in [9.17, 15) is 9.59 Å². The number of aromatic nitrogens is 3. The maximum Gasteiger partial charge on any atom is 0.327 e. The Morgan fingerprint density at radius 3 is 2.76 bits per heavy atom. The second-order valence-electron chi connectivity index (χ2n) is 3.63. The normalized spacial score (nSPS) is 11.1. The van der Waals surface area contributed by atoms with Crippen molar-refractivity contribution in [2.75, 3.05) is 0 Å². The molecule has 0 atom stereocenters. The van der Waals surface area contributed by atoms with Crippen molar-refractivity contribution in [2.24, 2.45) is 0 Å². The Bertz CT molecular complexity index is 851. The molecule has 0 saturated heterocycles. The highest BCUT2D eigenvalue weighted by Crippen LogP contribution is 2.19. The Balaban J connectivity index is 2.56. The summed E-state index contributed by atoms with van der Waals surface area (Å²) < 4.78 is 0. The van der Waals surface area contributed by atoms with Crippen LogP contribution in [0.25, 0.3) is 21.9 Å². The number of hydrogen-bond donors (Lipinski definition) is 2. The van der Waals surface area contributed by atoms with Crippen LogP contribution in [-0.4, -0.2) is 15.0 Å². The standard InChI is InChI=1S/C11H6ClN3O2/c12-6-2-1-5-3-7-9(13-8(5)4-6)14-11(17)15-10(7)16/h1-4H,(H2,13,14,15,16,17). The fourth-order valence-electron chi connectivity index (χ4n) is 1.72. The summed E-state index contributed by atoms with van der Waals surface area (Å²) in [5, 5.41) is 1.69. The predicted octanol–water partition coefficient (Wildman–Crippen LogP) is 1.42. The van der Waals surface area contributed by atoms with Gasteiger partial charge in [0.15, 0.2) is 0 Å². The van der Waals surface area contributed by atoms with Crippen LogP contribution in [-0.2, 0) is 0 Å². The predicted molar refractivity (Wildman–Crippen MR) is 65.5 cm³/mol. The van der Waals surface area contributed by atoms with E-state index < -0.39 is 11.2 Å². The second-order valence-corrected chi connectivity index (χ2v) is 4.07. The SMILES string of the molecule is O=c1[nH]c(=O)c2cc3ccc(Cl)cc3nc2[nH]1. The van der Waals surface area contributed by atoms with Gasteiger partial charge in [0.1, 0.15) is 5.65 Å². The van der Waals surface area contributed by atoms with Gasteiger partial charge >= 0.3 is 5.69 Å². The number of rotatable bonds is 0. The third kappa shape index (κ3) is 1.60. The van der Waals surface area contributed by atoms with Gasteiger partial charge in [0.05, 0.1) is 10.9 Å². The number of nitrogens with zero attached hydrogens (tertiary/aromatic N) is 1. The summed E-state index contributed by atoms with van der Waals surface area (Å²) >= 11 is 5.85. The van der Waals surface area contributed by atoms with Gasteiger partial charge in [-0.2, -0.15) is 0 Å². The molecule has 2 aromatic heterocycles. The van der Waals surface area contributed by atoms with Crippen molar-refractivity contribution < 1.29 is 0 Å². The summed E-state index contributed by atoms with van der Waals surface area (Å²) in [5.74, 6) is 0. The van der Waals surface area contributed by atoms with Crippen LogP contribution in [0.2, 0.25) is 5.02 Å². The van der Waals surface area contributed by atoms with Gasteiger partial charge in [0, 0.05) is 10.4 Å². The number of nitrogens with one attached hydrogen (secondary N) is 2. The zero-order valence-corrected chi connectivity index (χ0v) is 9.21. The summed E-state index contributed by atoms with van der Waals surface area (Å²) in [7, 11) is 0. The first kappa shape index (κ1) is 10.0. The quantitative estimate of drug-likeness (QED) is 0.590. The van der Waals surface area contributed by atoms with Crippen LogP contribution >= 0.6 is 11.6 Å². The Morgan fingerprint density at radius 1 is 1.12 bits per heavy atom. The topological polar surface area (TPSA) is 78.6 Å². The molecule has 0 fully saturated rings. The summed E-state index contributed by atoms with van der Waals surface area (Å²) in [6, 6.07) is 6.84. The molecule has 2 N–H and O–H groups in total. The lowest BCUT2D eigenvalue weighted by atomic mass is 10.2. The third-order valence-electron chi connectivity index (χ3n) is 2.48. The lowest BCUT2D eigenvalue weighted by Crippen LogP contribution is -2.22. The first-order valence-electron chi connectivity index (χ1n) is 4.86. The van der Waals surface area contributed by atoms with E-state index in [1.165, 1.54) is 0 Å². The minimum atomic E-state index is -0.573. The Morgan fingerprint density at radius 2 is 1.94 bits per heavy atom. The molecule has 0 aliphatic carbocycles. The molecular formula is C11H6ClN3O2. The van der Waals surface area contributed by atoms with Crippen molar-refractivity contribution >= 4 is 33.5 Å². The summed E-state index contributed by atoms with van der Waals surface area (Å²) in [5.41, 5.74) is -0.135. The van der Waals surface area contributed by atoms with E-state index in [1.54, 1.807) is 24.3 Å². The average Bonchev–Trinajstić information content (AvgIpc) is 2.26. The fourth-order valence-corrected chi connectivity index (χ4v) is 1.88. The zero-order chi connectivity index (χ0) is 12.0. The monoisotopic (exact) mass is 247 g/mol. The molecule has 2 heterocycles. The van der Waals surface area contributed by atoms with Crippen LogP contribution < -0.4 is 11.2 Å². The summed E-state index contributed by atoms with van der Waals surface area (Å²) in [6.45, 7) is 0. The zero-order valence-electron chi connectivity index (χ0n) is 8.45. The lowest BCUT2D eigenvalue weighted by molar-refractivity contribution is 1.07. The van der Waals surface area contributed by atoms with Crippen molar-refractivity contribution in [1.29, 1.82) is 0 Å². The van der Waals surface area contributed by atoms with Gasteiger partial charge in [-0.15, -0.1) is 0 Å². The summed E-state index contributed by atoms with van der Waals surface area (Å²) in [4.78, 5) is 31.5. The van der Waals surface area contributed by atoms with Crippen molar-refractivity contribution in [1.82, 2.24) is 15.0 Å². The van der Waals surface area contributed by atoms with Gasteiger partial charge < -0.3 is 0 Å². The Kier molecular flexibility index (Phi) is 2.02. The lowest BCUT2D eigenvalue weighted by Gasteiger charge is -2.00. The molecule has 0 bridgehead atoms. The van der Waals surface area contributed by atoms with Crippen molar-refractivity contribution in [3.8, 4) is 0 Å². The molecule has 5 nitrogen and oxygen atoms in total. The highest BCUT2D eigenvalue weighted by molar-refractivity contribution is 6.31. The number of pyridine rings is 1. The molecule has 0 amide bonds. The number of fused-ring (bicyclic) bond motifs is 2. The van der Waals surface area contributed by atoms with Crippen LogP contribution in [0.1, 0.15) is 0 Å². The molecular weight excluding hydrogens is 242 g/mol. The minimum Gasteiger partial charge on any atom is -0.291 e. The van der Waals surface area contributed by atoms with Crippen molar-refractivity contribution in [3.63, 3.8) is 0 Å². The molecule has 0 unspecified atom stereocenters. The Labute approximate surface area is 99.1 Å². The molecule has 6 heteroatoms. The van der Waals surface area contributed by atoms with Crippen LogP contribution in [0.4, 0.5) is 0 Å². The molecule has 1 aromatic carbocycles. The molecule has 0 aliphatic rings.